The third kappa shape index (κ3) is 5.24. The molecule has 1 amide bonds. The lowest BCUT2D eigenvalue weighted by molar-refractivity contribution is -0.105. The molecule has 1 aromatic heterocycles. The van der Waals surface area contributed by atoms with E-state index in [0.717, 1.165) is 35.2 Å². The summed E-state index contributed by atoms with van der Waals surface area (Å²) in [7, 11) is 3.25. The number of rotatable bonds is 10. The quantitative estimate of drug-likeness (QED) is 0.388. The van der Waals surface area contributed by atoms with Gasteiger partial charge in [-0.05, 0) is 31.4 Å². The normalized spacial score (nSPS) is 16.6. The lowest BCUT2D eigenvalue weighted by Gasteiger charge is -2.35. The van der Waals surface area contributed by atoms with E-state index in [-0.39, 0.29) is 17.9 Å². The van der Waals surface area contributed by atoms with Gasteiger partial charge < -0.3 is 23.8 Å². The molecule has 0 aliphatic carbocycles. The van der Waals surface area contributed by atoms with E-state index in [9.17, 15) is 4.79 Å². The number of nitrogens with zero attached hydrogens (tertiary/aromatic N) is 2. The zero-order chi connectivity index (χ0) is 25.1. The molecule has 1 fully saturated rings. The number of ether oxygens (including phenoxy) is 4. The van der Waals surface area contributed by atoms with Gasteiger partial charge in [0.15, 0.2) is 0 Å². The Balaban J connectivity index is 1.67. The van der Waals surface area contributed by atoms with Crippen LogP contribution < -0.4 is 9.47 Å². The maximum atomic E-state index is 13.8. The molecule has 0 bridgehead atoms. The molecule has 2 aliphatic heterocycles. The summed E-state index contributed by atoms with van der Waals surface area (Å²) in [5, 5.41) is 0.930. The van der Waals surface area contributed by atoms with Gasteiger partial charge in [-0.15, -0.1) is 0 Å². The van der Waals surface area contributed by atoms with E-state index in [4.69, 9.17) is 42.1 Å². The lowest BCUT2D eigenvalue weighted by atomic mass is 9.89. The lowest BCUT2D eigenvalue weighted by Crippen LogP contribution is -2.38. The Kier molecular flexibility index (Phi) is 8.42. The van der Waals surface area contributed by atoms with Crippen molar-refractivity contribution in [2.45, 2.75) is 45.8 Å². The monoisotopic (exact) mass is 522 g/mol. The summed E-state index contributed by atoms with van der Waals surface area (Å²) in [4.78, 5) is 20.1. The molecular formula is C26H32Cl2N2O5. The highest BCUT2D eigenvalue weighted by Gasteiger charge is 2.36. The molecule has 0 radical (unpaired) electrons. The Labute approximate surface area is 216 Å². The number of carbonyl (C=O) groups is 1. The van der Waals surface area contributed by atoms with E-state index in [1.54, 1.807) is 19.1 Å². The predicted molar refractivity (Wildman–Crippen MR) is 135 cm³/mol. The zero-order valence-electron chi connectivity index (χ0n) is 20.7. The summed E-state index contributed by atoms with van der Waals surface area (Å²) in [5.74, 6) is 1.13. The van der Waals surface area contributed by atoms with Crippen LogP contribution in [0.25, 0.3) is 0 Å². The number of hydrogen-bond acceptors (Lipinski definition) is 6. The number of halogens is 2. The fourth-order valence-electron chi connectivity index (χ4n) is 4.61. The van der Waals surface area contributed by atoms with Gasteiger partial charge in [-0.2, -0.15) is 0 Å². The highest BCUT2D eigenvalue weighted by Crippen LogP contribution is 2.42. The van der Waals surface area contributed by atoms with Crippen molar-refractivity contribution >= 4 is 29.1 Å². The molecule has 1 atom stereocenters. The molecule has 35 heavy (non-hydrogen) atoms. The van der Waals surface area contributed by atoms with Gasteiger partial charge in [0.2, 0.25) is 5.88 Å². The zero-order valence-corrected chi connectivity index (χ0v) is 22.2. The highest BCUT2D eigenvalue weighted by atomic mass is 35.5. The Morgan fingerprint density at radius 3 is 2.66 bits per heavy atom. The fraction of sp³-hybridized carbons (Fsp3) is 0.538. The smallest absolute Gasteiger partial charge is 0.256 e. The number of aromatic nitrogens is 1. The second kappa shape index (κ2) is 11.3. The number of unbranched alkanes of at least 4 members (excludes halogenated alkanes) is 1. The minimum atomic E-state index is -0.290. The first-order valence-corrected chi connectivity index (χ1v) is 12.7. The molecule has 1 aromatic carbocycles. The Bertz CT molecular complexity index is 1090. The van der Waals surface area contributed by atoms with Gasteiger partial charge in [0, 0.05) is 41.9 Å². The number of carbonyl (C=O) groups excluding carboxylic acids is 1. The van der Waals surface area contributed by atoms with E-state index >= 15 is 0 Å². The molecule has 2 aromatic rings. The van der Waals surface area contributed by atoms with Crippen LogP contribution in [0.3, 0.4) is 0 Å². The number of aryl methyl sites for hydroxylation is 1. The van der Waals surface area contributed by atoms with Crippen molar-refractivity contribution < 1.29 is 23.7 Å². The van der Waals surface area contributed by atoms with E-state index in [1.165, 1.54) is 0 Å². The van der Waals surface area contributed by atoms with E-state index < -0.39 is 0 Å². The van der Waals surface area contributed by atoms with E-state index in [0.29, 0.717) is 66.6 Å². The van der Waals surface area contributed by atoms with Crippen molar-refractivity contribution in [3.63, 3.8) is 0 Å². The molecule has 190 valence electrons. The Morgan fingerprint density at radius 2 is 2.03 bits per heavy atom. The van der Waals surface area contributed by atoms with Crippen molar-refractivity contribution in [2.24, 2.45) is 5.92 Å². The Hall–Kier alpha value is -2.06. The molecule has 3 heterocycles. The van der Waals surface area contributed by atoms with E-state index in [2.05, 4.69) is 11.9 Å². The summed E-state index contributed by atoms with van der Waals surface area (Å²) >= 11 is 13.5. The minimum Gasteiger partial charge on any atom is -0.496 e. The maximum absolute atomic E-state index is 13.8. The molecule has 1 unspecified atom stereocenters. The SMILES string of the molecule is CCCCOc1nc(C)cc(OC)c1CN1CCc2c(Cl)cc(C(OC)C3COC3)c(Cl)c2C1=O. The number of hydrogen-bond donors (Lipinski definition) is 0. The summed E-state index contributed by atoms with van der Waals surface area (Å²) < 4.78 is 22.7. The first kappa shape index (κ1) is 26.0. The number of methoxy groups -OCH3 is 2. The molecule has 9 heteroatoms. The van der Waals surface area contributed by atoms with Crippen LogP contribution in [-0.2, 0) is 22.4 Å². The summed E-state index contributed by atoms with van der Waals surface area (Å²) in [6.45, 7) is 6.51. The number of benzene rings is 1. The van der Waals surface area contributed by atoms with Crippen LogP contribution in [0.4, 0.5) is 0 Å². The number of pyridine rings is 1. The van der Waals surface area contributed by atoms with Crippen LogP contribution >= 0.6 is 23.2 Å². The molecule has 0 saturated carbocycles. The van der Waals surface area contributed by atoms with Gasteiger partial charge in [-0.1, -0.05) is 36.5 Å². The average molecular weight is 523 g/mol. The average Bonchev–Trinajstić information content (AvgIpc) is 2.81. The van der Waals surface area contributed by atoms with Crippen LogP contribution in [0.1, 0.15) is 58.6 Å². The highest BCUT2D eigenvalue weighted by molar-refractivity contribution is 6.37. The first-order chi connectivity index (χ1) is 16.9. The molecule has 0 spiro atoms. The molecule has 4 rings (SSSR count). The summed E-state index contributed by atoms with van der Waals surface area (Å²) in [6, 6.07) is 3.70. The van der Waals surface area contributed by atoms with Crippen LogP contribution in [-0.4, -0.2) is 56.4 Å². The van der Waals surface area contributed by atoms with Gasteiger partial charge in [-0.3, -0.25) is 4.79 Å². The van der Waals surface area contributed by atoms with Crippen LogP contribution in [0.2, 0.25) is 10.0 Å². The second-order valence-electron chi connectivity index (χ2n) is 9.00. The van der Waals surface area contributed by atoms with Gasteiger partial charge >= 0.3 is 0 Å². The minimum absolute atomic E-state index is 0.173. The van der Waals surface area contributed by atoms with Crippen molar-refractivity contribution in [3.05, 3.63) is 50.1 Å². The number of amides is 1. The topological polar surface area (TPSA) is 70.1 Å². The van der Waals surface area contributed by atoms with Crippen molar-refractivity contribution in [1.82, 2.24) is 9.88 Å². The van der Waals surface area contributed by atoms with Crippen molar-refractivity contribution in [2.75, 3.05) is 40.6 Å². The molecule has 7 nitrogen and oxygen atoms in total. The van der Waals surface area contributed by atoms with Crippen LogP contribution in [0.5, 0.6) is 11.6 Å². The standard InChI is InChI=1S/C26H32Cl2N2O5/c1-5-6-9-35-25-19(21(32-3)10-15(2)29-25)12-30-8-7-17-20(27)11-18(23(28)22(17)26(30)31)24(33-4)16-13-34-14-16/h10-11,16,24H,5-9,12-14H2,1-4H3. The van der Waals surface area contributed by atoms with Crippen LogP contribution in [0, 0.1) is 12.8 Å². The summed E-state index contributed by atoms with van der Waals surface area (Å²) in [5.41, 5.74) is 3.47. The van der Waals surface area contributed by atoms with Gasteiger partial charge in [0.1, 0.15) is 5.75 Å². The maximum Gasteiger partial charge on any atom is 0.256 e. The molecular weight excluding hydrogens is 491 g/mol. The predicted octanol–water partition coefficient (Wildman–Crippen LogP) is 5.42. The van der Waals surface area contributed by atoms with Crippen molar-refractivity contribution in [1.29, 1.82) is 0 Å². The Morgan fingerprint density at radius 1 is 1.26 bits per heavy atom. The molecule has 0 N–H and O–H groups in total. The van der Waals surface area contributed by atoms with Crippen LogP contribution in [0.15, 0.2) is 12.1 Å². The second-order valence-corrected chi connectivity index (χ2v) is 9.78. The first-order valence-electron chi connectivity index (χ1n) is 12.0. The van der Waals surface area contributed by atoms with Crippen molar-refractivity contribution in [3.8, 4) is 11.6 Å². The third-order valence-electron chi connectivity index (χ3n) is 6.61. The molecule has 2 aliphatic rings. The van der Waals surface area contributed by atoms with Gasteiger partial charge in [-0.25, -0.2) is 4.98 Å². The van der Waals surface area contributed by atoms with Gasteiger partial charge in [0.25, 0.3) is 5.91 Å². The molecule has 1 saturated heterocycles. The largest absolute Gasteiger partial charge is 0.496 e. The fourth-order valence-corrected chi connectivity index (χ4v) is 5.27. The number of fused-ring (bicyclic) bond motifs is 1. The third-order valence-corrected chi connectivity index (χ3v) is 7.35. The summed E-state index contributed by atoms with van der Waals surface area (Å²) in [6.07, 6.45) is 2.23. The van der Waals surface area contributed by atoms with E-state index in [1.807, 2.05) is 19.1 Å². The van der Waals surface area contributed by atoms with Gasteiger partial charge in [0.05, 0.1) is 55.7 Å².